The van der Waals surface area contributed by atoms with Gasteiger partial charge in [0, 0.05) is 6.54 Å². The van der Waals surface area contributed by atoms with Crippen LogP contribution in [0.5, 0.6) is 0 Å². The molecule has 0 saturated carbocycles. The van der Waals surface area contributed by atoms with Crippen LogP contribution >= 0.6 is 0 Å². The molecule has 4 heteroatoms. The van der Waals surface area contributed by atoms with E-state index in [0.29, 0.717) is 24.3 Å². The van der Waals surface area contributed by atoms with Crippen LogP contribution in [0.3, 0.4) is 0 Å². The van der Waals surface area contributed by atoms with E-state index < -0.39 is 0 Å². The average Bonchev–Trinajstić information content (AvgIpc) is 2.78. The van der Waals surface area contributed by atoms with Crippen molar-refractivity contribution in [2.75, 3.05) is 6.54 Å². The molecule has 114 valence electrons. The maximum absolute atomic E-state index is 12.0. The lowest BCUT2D eigenvalue weighted by atomic mass is 9.99. The highest BCUT2D eigenvalue weighted by Crippen LogP contribution is 2.18. The zero-order valence-electron chi connectivity index (χ0n) is 13.3. The number of rotatable bonds is 5. The van der Waals surface area contributed by atoms with Gasteiger partial charge in [0.05, 0.1) is 0 Å². The molecule has 2 N–H and O–H groups in total. The molecule has 1 atom stereocenters. The number of guanidine groups is 1. The van der Waals surface area contributed by atoms with Crippen molar-refractivity contribution in [3.8, 4) is 0 Å². The number of carbonyl (C=O) groups excluding carboxylic acids is 1. The number of aliphatic imine (C=N–C) groups is 1. The Labute approximate surface area is 127 Å². The van der Waals surface area contributed by atoms with E-state index in [1.54, 1.807) is 0 Å². The molecular formula is C17H25N3O. The molecular weight excluding hydrogens is 262 g/mol. The lowest BCUT2D eigenvalue weighted by Gasteiger charge is -2.10. The fraction of sp³-hybridized carbons (Fsp3) is 0.529. The summed E-state index contributed by atoms with van der Waals surface area (Å²) in [6, 6.07) is 7.94. The fourth-order valence-electron chi connectivity index (χ4n) is 2.34. The number of carbonyl (C=O) groups is 1. The van der Waals surface area contributed by atoms with E-state index in [1.807, 2.05) is 12.1 Å². The molecule has 2 rings (SSSR count). The van der Waals surface area contributed by atoms with Gasteiger partial charge in [0.25, 0.3) is 5.91 Å². The van der Waals surface area contributed by atoms with E-state index in [4.69, 9.17) is 0 Å². The summed E-state index contributed by atoms with van der Waals surface area (Å²) >= 11 is 0. The standard InChI is InChI=1S/C17H25N3O/c1-11(2)9-13-5-7-14(8-6-13)15-16(21)20-17(19-15)18-10-12(3)4/h5-8,11-12,15H,9-10H2,1-4H3,(H2,18,19,20,21). The maximum Gasteiger partial charge on any atom is 0.253 e. The van der Waals surface area contributed by atoms with Crippen LogP contribution in [0.25, 0.3) is 0 Å². The van der Waals surface area contributed by atoms with Gasteiger partial charge >= 0.3 is 0 Å². The summed E-state index contributed by atoms with van der Waals surface area (Å²) in [6.07, 6.45) is 1.06. The molecule has 1 fully saturated rings. The summed E-state index contributed by atoms with van der Waals surface area (Å²) in [5.41, 5.74) is 2.29. The highest BCUT2D eigenvalue weighted by Gasteiger charge is 2.29. The van der Waals surface area contributed by atoms with Gasteiger partial charge < -0.3 is 5.32 Å². The zero-order valence-corrected chi connectivity index (χ0v) is 13.3. The Morgan fingerprint density at radius 2 is 1.76 bits per heavy atom. The van der Waals surface area contributed by atoms with Crippen LogP contribution in [0, 0.1) is 11.8 Å². The number of benzene rings is 1. The Morgan fingerprint density at radius 1 is 1.10 bits per heavy atom. The quantitative estimate of drug-likeness (QED) is 0.875. The van der Waals surface area contributed by atoms with Crippen molar-refractivity contribution in [1.29, 1.82) is 0 Å². The molecule has 1 aliphatic rings. The second kappa shape index (κ2) is 6.74. The first-order valence-corrected chi connectivity index (χ1v) is 7.66. The van der Waals surface area contributed by atoms with Crippen LogP contribution in [0.1, 0.15) is 44.9 Å². The number of nitrogens with one attached hydrogen (secondary N) is 2. The maximum atomic E-state index is 12.0. The highest BCUT2D eigenvalue weighted by atomic mass is 16.2. The number of amides is 1. The van der Waals surface area contributed by atoms with Gasteiger partial charge in [-0.25, -0.2) is 0 Å². The van der Waals surface area contributed by atoms with Crippen molar-refractivity contribution in [2.45, 2.75) is 40.2 Å². The van der Waals surface area contributed by atoms with Gasteiger partial charge in [0.1, 0.15) is 6.04 Å². The Morgan fingerprint density at radius 3 is 2.33 bits per heavy atom. The summed E-state index contributed by atoms with van der Waals surface area (Å²) in [5.74, 6) is 1.67. The topological polar surface area (TPSA) is 53.5 Å². The summed E-state index contributed by atoms with van der Waals surface area (Å²) < 4.78 is 0. The summed E-state index contributed by atoms with van der Waals surface area (Å²) in [6.45, 7) is 9.33. The van der Waals surface area contributed by atoms with Crippen LogP contribution in [0.15, 0.2) is 29.3 Å². The van der Waals surface area contributed by atoms with Gasteiger partial charge in [0.2, 0.25) is 0 Å². The normalized spacial score (nSPS) is 20.2. The van der Waals surface area contributed by atoms with Crippen molar-refractivity contribution in [1.82, 2.24) is 10.6 Å². The molecule has 0 aromatic heterocycles. The first kappa shape index (κ1) is 15.5. The van der Waals surface area contributed by atoms with Gasteiger partial charge in [-0.3, -0.25) is 15.1 Å². The van der Waals surface area contributed by atoms with E-state index in [1.165, 1.54) is 5.56 Å². The molecule has 1 aliphatic heterocycles. The third-order valence-electron chi connectivity index (χ3n) is 3.36. The smallest absolute Gasteiger partial charge is 0.253 e. The minimum Gasteiger partial charge on any atom is -0.340 e. The number of nitrogens with zero attached hydrogens (tertiary/aromatic N) is 1. The Bertz CT molecular complexity index is 517. The van der Waals surface area contributed by atoms with Gasteiger partial charge in [0.15, 0.2) is 5.96 Å². The SMILES string of the molecule is CC(C)CN=C1NC(=O)C(c2ccc(CC(C)C)cc2)N1. The minimum atomic E-state index is -0.330. The van der Waals surface area contributed by atoms with E-state index in [-0.39, 0.29) is 11.9 Å². The van der Waals surface area contributed by atoms with Crippen LogP contribution in [0.2, 0.25) is 0 Å². The third-order valence-corrected chi connectivity index (χ3v) is 3.36. The molecule has 4 nitrogen and oxygen atoms in total. The molecule has 1 heterocycles. The number of hydrogen-bond donors (Lipinski definition) is 2. The summed E-state index contributed by atoms with van der Waals surface area (Å²) in [4.78, 5) is 16.4. The van der Waals surface area contributed by atoms with Gasteiger partial charge in [-0.1, -0.05) is 52.0 Å². The first-order valence-electron chi connectivity index (χ1n) is 7.66. The molecule has 0 bridgehead atoms. The van der Waals surface area contributed by atoms with Crippen molar-refractivity contribution in [3.63, 3.8) is 0 Å². The van der Waals surface area contributed by atoms with Gasteiger partial charge in [-0.05, 0) is 29.4 Å². The fourth-order valence-corrected chi connectivity index (χ4v) is 2.34. The first-order chi connectivity index (χ1) is 9.95. The van der Waals surface area contributed by atoms with E-state index in [0.717, 1.165) is 12.0 Å². The Kier molecular flexibility index (Phi) is 4.99. The second-order valence-electron chi connectivity index (χ2n) is 6.49. The van der Waals surface area contributed by atoms with Gasteiger partial charge in [-0.2, -0.15) is 0 Å². The third kappa shape index (κ3) is 4.31. The lowest BCUT2D eigenvalue weighted by Crippen LogP contribution is -2.26. The van der Waals surface area contributed by atoms with E-state index >= 15 is 0 Å². The predicted octanol–water partition coefficient (Wildman–Crippen LogP) is 2.66. The van der Waals surface area contributed by atoms with Crippen LogP contribution in [0.4, 0.5) is 0 Å². The molecule has 0 radical (unpaired) electrons. The average molecular weight is 287 g/mol. The van der Waals surface area contributed by atoms with Crippen LogP contribution < -0.4 is 10.6 Å². The molecule has 21 heavy (non-hydrogen) atoms. The van der Waals surface area contributed by atoms with E-state index in [2.05, 4.69) is 55.5 Å². The Hall–Kier alpha value is -1.84. The summed E-state index contributed by atoms with van der Waals surface area (Å²) in [7, 11) is 0. The second-order valence-corrected chi connectivity index (χ2v) is 6.49. The predicted molar refractivity (Wildman–Crippen MR) is 86.1 cm³/mol. The van der Waals surface area contributed by atoms with Crippen LogP contribution in [-0.2, 0) is 11.2 Å². The molecule has 1 saturated heterocycles. The van der Waals surface area contributed by atoms with Crippen molar-refractivity contribution >= 4 is 11.9 Å². The molecule has 1 aromatic rings. The zero-order chi connectivity index (χ0) is 15.4. The largest absolute Gasteiger partial charge is 0.340 e. The Balaban J connectivity index is 2.05. The van der Waals surface area contributed by atoms with Crippen molar-refractivity contribution in [3.05, 3.63) is 35.4 Å². The molecule has 1 aromatic carbocycles. The van der Waals surface area contributed by atoms with Crippen molar-refractivity contribution in [2.24, 2.45) is 16.8 Å². The number of hydrogen-bond acceptors (Lipinski definition) is 2. The van der Waals surface area contributed by atoms with Crippen LogP contribution in [-0.4, -0.2) is 18.4 Å². The summed E-state index contributed by atoms with van der Waals surface area (Å²) in [5, 5.41) is 5.97. The molecule has 1 amide bonds. The minimum absolute atomic E-state index is 0.0332. The molecule has 1 unspecified atom stereocenters. The lowest BCUT2D eigenvalue weighted by molar-refractivity contribution is -0.120. The molecule has 0 spiro atoms. The van der Waals surface area contributed by atoms with Gasteiger partial charge in [-0.15, -0.1) is 0 Å². The molecule has 0 aliphatic carbocycles. The highest BCUT2D eigenvalue weighted by molar-refractivity contribution is 6.06. The monoisotopic (exact) mass is 287 g/mol. The van der Waals surface area contributed by atoms with E-state index in [9.17, 15) is 4.79 Å². The van der Waals surface area contributed by atoms with Crippen molar-refractivity contribution < 1.29 is 4.79 Å².